The molecule has 0 spiro atoms. The highest BCUT2D eigenvalue weighted by molar-refractivity contribution is 7.89. The molecule has 0 atom stereocenters. The average Bonchev–Trinajstić information content (AvgIpc) is 2.60. The van der Waals surface area contributed by atoms with Crippen LogP contribution in [-0.4, -0.2) is 69.6 Å². The van der Waals surface area contributed by atoms with Crippen LogP contribution in [0.2, 0.25) is 0 Å². The summed E-state index contributed by atoms with van der Waals surface area (Å²) in [4.78, 5) is 13.8. The van der Waals surface area contributed by atoms with Crippen LogP contribution in [0.4, 0.5) is 14.5 Å². The normalized spacial score (nSPS) is 16.5. The highest BCUT2D eigenvalue weighted by atomic mass is 32.2. The number of nitrogens with one attached hydrogen (secondary N) is 1. The Morgan fingerprint density at radius 1 is 1.27 bits per heavy atom. The largest absolute Gasteiger partial charge is 0.369 e. The summed E-state index contributed by atoms with van der Waals surface area (Å²) in [5, 5.41) is 1.92. The van der Waals surface area contributed by atoms with Crippen molar-refractivity contribution in [1.82, 2.24) is 9.62 Å². The zero-order chi connectivity index (χ0) is 19.4. The highest BCUT2D eigenvalue weighted by Crippen LogP contribution is 2.19. The molecule has 146 valence electrons. The number of piperazine rings is 1. The van der Waals surface area contributed by atoms with Crippen LogP contribution < -0.4 is 16.0 Å². The van der Waals surface area contributed by atoms with Gasteiger partial charge < -0.3 is 16.0 Å². The number of halogens is 2. The van der Waals surface area contributed by atoms with Gasteiger partial charge in [-0.15, -0.1) is 0 Å². The van der Waals surface area contributed by atoms with E-state index in [9.17, 15) is 22.0 Å². The van der Waals surface area contributed by atoms with Gasteiger partial charge in [-0.25, -0.2) is 17.2 Å². The van der Waals surface area contributed by atoms with E-state index >= 15 is 0 Å². The predicted molar refractivity (Wildman–Crippen MR) is 95.8 cm³/mol. The predicted octanol–water partition coefficient (Wildman–Crippen LogP) is 0.157. The average molecular weight is 390 g/mol. The third-order valence-corrected chi connectivity index (χ3v) is 5.93. The molecular formula is C16H24F2N4O3S. The molecule has 0 radical (unpaired) electrons. The first-order valence-electron chi connectivity index (χ1n) is 8.27. The highest BCUT2D eigenvalue weighted by Gasteiger charge is 2.31. The van der Waals surface area contributed by atoms with E-state index in [1.807, 2.05) is 36.5 Å². The molecule has 1 aliphatic rings. The fourth-order valence-electron chi connectivity index (χ4n) is 2.66. The van der Waals surface area contributed by atoms with Crippen molar-refractivity contribution >= 4 is 21.6 Å². The maximum atomic E-state index is 13.0. The van der Waals surface area contributed by atoms with E-state index in [1.165, 1.54) is 4.31 Å². The van der Waals surface area contributed by atoms with Gasteiger partial charge in [-0.3, -0.25) is 4.79 Å². The standard InChI is InChI=1S/C16H24F2N4O3S/c1-13-3-2-4-14(9-13)21-5-7-22(8-6-21)26(24,25)10-15(23)20-12-16(17,18)11-19/h2-4,9H,5-8,10-12,19H2,1H3,(H,20,23). The second kappa shape index (κ2) is 8.28. The van der Waals surface area contributed by atoms with E-state index < -0.39 is 40.7 Å². The summed E-state index contributed by atoms with van der Waals surface area (Å²) >= 11 is 0. The monoisotopic (exact) mass is 390 g/mol. The number of amides is 1. The SMILES string of the molecule is Cc1cccc(N2CCN(S(=O)(=O)CC(=O)NCC(F)(F)CN)CC2)c1. The number of rotatable bonds is 7. The lowest BCUT2D eigenvalue weighted by molar-refractivity contribution is -0.120. The van der Waals surface area contributed by atoms with Gasteiger partial charge in [-0.05, 0) is 24.6 Å². The number of nitrogens with zero attached hydrogens (tertiary/aromatic N) is 2. The zero-order valence-electron chi connectivity index (χ0n) is 14.6. The number of aryl methyl sites for hydroxylation is 1. The molecule has 0 saturated carbocycles. The molecule has 1 amide bonds. The van der Waals surface area contributed by atoms with Gasteiger partial charge in [0.25, 0.3) is 5.92 Å². The molecular weight excluding hydrogens is 366 g/mol. The van der Waals surface area contributed by atoms with E-state index in [4.69, 9.17) is 5.73 Å². The Labute approximate surface area is 152 Å². The number of anilines is 1. The first-order chi connectivity index (χ1) is 12.1. The maximum absolute atomic E-state index is 13.0. The first kappa shape index (κ1) is 20.5. The Morgan fingerprint density at radius 2 is 1.92 bits per heavy atom. The molecule has 3 N–H and O–H groups in total. The fourth-order valence-corrected chi connectivity index (χ4v) is 3.99. The van der Waals surface area contributed by atoms with Crippen molar-refractivity contribution in [3.8, 4) is 0 Å². The number of nitrogens with two attached hydrogens (primary N) is 1. The number of sulfonamides is 1. The van der Waals surface area contributed by atoms with Crippen molar-refractivity contribution in [1.29, 1.82) is 0 Å². The van der Waals surface area contributed by atoms with Crippen LogP contribution in [0.5, 0.6) is 0 Å². The maximum Gasteiger partial charge on any atom is 0.277 e. The summed E-state index contributed by atoms with van der Waals surface area (Å²) in [6.45, 7) is 1.56. The molecule has 2 rings (SSSR count). The Hall–Kier alpha value is -1.78. The minimum atomic E-state index is -3.85. The minimum Gasteiger partial charge on any atom is -0.369 e. The lowest BCUT2D eigenvalue weighted by Gasteiger charge is -2.35. The first-order valence-corrected chi connectivity index (χ1v) is 9.88. The lowest BCUT2D eigenvalue weighted by Crippen LogP contribution is -2.51. The summed E-state index contributed by atoms with van der Waals surface area (Å²) in [6, 6.07) is 7.91. The number of carbonyl (C=O) groups is 1. The summed E-state index contributed by atoms with van der Waals surface area (Å²) in [5.74, 6) is -5.06. The Morgan fingerprint density at radius 3 is 2.50 bits per heavy atom. The third kappa shape index (κ3) is 5.61. The van der Waals surface area contributed by atoms with Crippen molar-refractivity contribution in [2.45, 2.75) is 12.8 Å². The van der Waals surface area contributed by atoms with E-state index in [1.54, 1.807) is 0 Å². The van der Waals surface area contributed by atoms with Crippen molar-refractivity contribution in [3.05, 3.63) is 29.8 Å². The van der Waals surface area contributed by atoms with Gasteiger partial charge in [0, 0.05) is 31.9 Å². The molecule has 1 aromatic carbocycles. The summed E-state index contributed by atoms with van der Waals surface area (Å²) < 4.78 is 51.9. The molecule has 10 heteroatoms. The van der Waals surface area contributed by atoms with Gasteiger partial charge in [-0.2, -0.15) is 4.31 Å². The van der Waals surface area contributed by atoms with Crippen LogP contribution in [0.1, 0.15) is 5.56 Å². The molecule has 1 aliphatic heterocycles. The fraction of sp³-hybridized carbons (Fsp3) is 0.562. The van der Waals surface area contributed by atoms with Crippen molar-refractivity contribution < 1.29 is 22.0 Å². The van der Waals surface area contributed by atoms with Crippen LogP contribution >= 0.6 is 0 Å². The van der Waals surface area contributed by atoms with Crippen molar-refractivity contribution in [2.24, 2.45) is 5.73 Å². The Balaban J connectivity index is 1.88. The molecule has 0 aliphatic carbocycles. The van der Waals surface area contributed by atoms with E-state index in [0.29, 0.717) is 13.1 Å². The Kier molecular flexibility index (Phi) is 6.53. The summed E-state index contributed by atoms with van der Waals surface area (Å²) in [7, 11) is -3.85. The third-order valence-electron chi connectivity index (χ3n) is 4.16. The smallest absolute Gasteiger partial charge is 0.277 e. The summed E-state index contributed by atoms with van der Waals surface area (Å²) in [5.41, 5.74) is 7.01. The molecule has 0 aromatic heterocycles. The van der Waals surface area contributed by atoms with Crippen LogP contribution in [0.15, 0.2) is 24.3 Å². The van der Waals surface area contributed by atoms with Gasteiger partial charge >= 0.3 is 0 Å². The molecule has 0 bridgehead atoms. The van der Waals surface area contributed by atoms with Crippen LogP contribution in [0.3, 0.4) is 0 Å². The number of carbonyl (C=O) groups excluding carboxylic acids is 1. The van der Waals surface area contributed by atoms with Crippen molar-refractivity contribution in [3.63, 3.8) is 0 Å². The zero-order valence-corrected chi connectivity index (χ0v) is 15.4. The number of hydrogen-bond donors (Lipinski definition) is 2. The van der Waals surface area contributed by atoms with E-state index in [-0.39, 0.29) is 13.1 Å². The molecule has 1 aromatic rings. The van der Waals surface area contributed by atoms with Gasteiger partial charge in [-0.1, -0.05) is 12.1 Å². The topological polar surface area (TPSA) is 95.7 Å². The van der Waals surface area contributed by atoms with Gasteiger partial charge in [0.2, 0.25) is 15.9 Å². The number of alkyl halides is 2. The van der Waals surface area contributed by atoms with Crippen LogP contribution in [0, 0.1) is 6.92 Å². The van der Waals surface area contributed by atoms with Gasteiger partial charge in [0.1, 0.15) is 5.75 Å². The second-order valence-corrected chi connectivity index (χ2v) is 8.29. The molecule has 1 fully saturated rings. The minimum absolute atomic E-state index is 0.239. The Bertz CT molecular complexity index is 735. The van der Waals surface area contributed by atoms with Crippen molar-refractivity contribution in [2.75, 3.05) is 49.9 Å². The lowest BCUT2D eigenvalue weighted by atomic mass is 10.2. The van der Waals surface area contributed by atoms with Crippen LogP contribution in [0.25, 0.3) is 0 Å². The quantitative estimate of drug-likeness (QED) is 0.691. The number of hydrogen-bond acceptors (Lipinski definition) is 5. The second-order valence-electron chi connectivity index (χ2n) is 6.32. The molecule has 1 saturated heterocycles. The molecule has 26 heavy (non-hydrogen) atoms. The van der Waals surface area contributed by atoms with E-state index in [2.05, 4.69) is 4.90 Å². The molecule has 0 unspecified atom stereocenters. The molecule has 1 heterocycles. The van der Waals surface area contributed by atoms with E-state index in [0.717, 1.165) is 11.3 Å². The van der Waals surface area contributed by atoms with Gasteiger partial charge in [0.05, 0.1) is 13.1 Å². The molecule has 7 nitrogen and oxygen atoms in total. The van der Waals surface area contributed by atoms with Gasteiger partial charge in [0.15, 0.2) is 0 Å². The van der Waals surface area contributed by atoms with Crippen LogP contribution in [-0.2, 0) is 14.8 Å². The summed E-state index contributed by atoms with van der Waals surface area (Å²) in [6.07, 6.45) is 0. The number of benzene rings is 1.